The van der Waals surface area contributed by atoms with Crippen molar-refractivity contribution in [3.05, 3.63) is 86.9 Å². The highest BCUT2D eigenvalue weighted by atomic mass is 32.2. The lowest BCUT2D eigenvalue weighted by Crippen LogP contribution is -2.36. The average molecular weight is 617 g/mol. The van der Waals surface area contributed by atoms with Crippen LogP contribution in [0.5, 0.6) is 5.88 Å². The summed E-state index contributed by atoms with van der Waals surface area (Å²) >= 11 is 0. The van der Waals surface area contributed by atoms with Gasteiger partial charge in [-0.3, -0.25) is 4.79 Å². The molecule has 0 bridgehead atoms. The van der Waals surface area contributed by atoms with Crippen LogP contribution in [-0.4, -0.2) is 51.3 Å². The maximum absolute atomic E-state index is 13.9. The highest BCUT2D eigenvalue weighted by Crippen LogP contribution is 2.45. The Labute approximate surface area is 256 Å². The zero-order chi connectivity index (χ0) is 31.8. The summed E-state index contributed by atoms with van der Waals surface area (Å²) in [6, 6.07) is 12.8. The summed E-state index contributed by atoms with van der Waals surface area (Å²) in [4.78, 5) is 20.3. The number of sulfonamides is 1. The number of hydrogen-bond acceptors (Lipinski definition) is 7. The first-order valence-electron chi connectivity index (χ1n) is 14.6. The largest absolute Gasteiger partial charge is 0.472 e. The molecule has 3 heterocycles. The molecule has 230 valence electrons. The van der Waals surface area contributed by atoms with Crippen LogP contribution in [0.25, 0.3) is 21.5 Å². The maximum Gasteiger partial charge on any atom is 0.248 e. The molecule has 2 aromatic carbocycles. The minimum atomic E-state index is -3.92. The summed E-state index contributed by atoms with van der Waals surface area (Å²) in [5.41, 5.74) is 13.7. The Morgan fingerprint density at radius 1 is 1.20 bits per heavy atom. The zero-order valence-corrected chi connectivity index (χ0v) is 26.5. The number of ether oxygens (including phenoxy) is 1. The summed E-state index contributed by atoms with van der Waals surface area (Å²) in [6.07, 6.45) is 1.75. The first-order chi connectivity index (χ1) is 20.9. The fraction of sp³-hybridized carbons (Fsp3) is 0.419. The highest BCUT2D eigenvalue weighted by molar-refractivity contribution is 7.89. The fourth-order valence-electron chi connectivity index (χ4n) is 5.92. The molecule has 12 nitrogen and oxygen atoms in total. The van der Waals surface area contributed by atoms with Gasteiger partial charge in [0.25, 0.3) is 0 Å². The molecule has 0 aliphatic carbocycles. The maximum atomic E-state index is 13.9. The van der Waals surface area contributed by atoms with E-state index >= 15 is 0 Å². The molecule has 1 aliphatic heterocycles. The van der Waals surface area contributed by atoms with Crippen molar-refractivity contribution < 1.29 is 17.9 Å². The van der Waals surface area contributed by atoms with Crippen molar-refractivity contribution in [3.8, 4) is 5.88 Å². The average Bonchev–Trinajstić information content (AvgIpc) is 3.39. The van der Waals surface area contributed by atoms with E-state index in [0.717, 1.165) is 38.9 Å². The van der Waals surface area contributed by atoms with Crippen molar-refractivity contribution >= 4 is 27.0 Å². The van der Waals surface area contributed by atoms with Gasteiger partial charge in [0.15, 0.2) is 0 Å². The van der Waals surface area contributed by atoms with Crippen molar-refractivity contribution in [1.82, 2.24) is 24.3 Å². The smallest absolute Gasteiger partial charge is 0.248 e. The van der Waals surface area contributed by atoms with Crippen molar-refractivity contribution in [2.24, 2.45) is 10.5 Å². The van der Waals surface area contributed by atoms with Crippen molar-refractivity contribution in [2.45, 2.75) is 78.0 Å². The minimum Gasteiger partial charge on any atom is -0.472 e. The number of fused-ring (bicyclic) bond motifs is 2. The van der Waals surface area contributed by atoms with Gasteiger partial charge in [-0.25, -0.2) is 18.1 Å². The lowest BCUT2D eigenvalue weighted by Gasteiger charge is -2.34. The molecule has 2 aromatic heterocycles. The number of nitrogens with zero attached hydrogens (tertiary/aromatic N) is 8. The summed E-state index contributed by atoms with van der Waals surface area (Å²) in [5.74, 6) is -1.05. The van der Waals surface area contributed by atoms with E-state index in [2.05, 4.69) is 25.3 Å². The van der Waals surface area contributed by atoms with Crippen LogP contribution in [0.3, 0.4) is 0 Å². The van der Waals surface area contributed by atoms with E-state index in [9.17, 15) is 13.2 Å². The number of benzene rings is 2. The summed E-state index contributed by atoms with van der Waals surface area (Å²) in [5, 5.41) is 12.2. The van der Waals surface area contributed by atoms with E-state index in [1.807, 2.05) is 62.7 Å². The third-order valence-electron chi connectivity index (χ3n) is 8.55. The molecular formula is C31H36N8O4S. The summed E-state index contributed by atoms with van der Waals surface area (Å²) in [6.45, 7) is 12.2. The molecule has 1 aliphatic rings. The molecule has 1 amide bonds. The van der Waals surface area contributed by atoms with Gasteiger partial charge in [-0.1, -0.05) is 50.3 Å². The van der Waals surface area contributed by atoms with E-state index in [1.54, 1.807) is 19.9 Å². The number of aromatic nitrogens is 4. The third-order valence-corrected chi connectivity index (χ3v) is 10.4. The van der Waals surface area contributed by atoms with Gasteiger partial charge in [-0.05, 0) is 83.9 Å². The molecule has 0 fully saturated rings. The number of azide groups is 1. The van der Waals surface area contributed by atoms with Crippen molar-refractivity contribution in [1.29, 1.82) is 0 Å². The Bertz CT molecular complexity index is 1900. The standard InChI is InChI=1S/C31H36N8O4S/c1-7-23-18-38(44(41,42)26-10-9-15-33-29(26)43-23)17-22-16-21(12-11-19(22)3)27(31(5,6)30(40)35-36-32)24-13-14-25-28(20(24)4)34-37-39(25)8-2/h9-16,23,27H,7-8,17-18H2,1-6H3/t23-,27?/m1/s1. The van der Waals surface area contributed by atoms with E-state index in [4.69, 9.17) is 10.3 Å². The Morgan fingerprint density at radius 3 is 2.68 bits per heavy atom. The monoisotopic (exact) mass is 616 g/mol. The molecule has 0 N–H and O–H groups in total. The fourth-order valence-corrected chi connectivity index (χ4v) is 7.44. The predicted octanol–water partition coefficient (Wildman–Crippen LogP) is 5.82. The molecule has 4 aromatic rings. The second-order valence-electron chi connectivity index (χ2n) is 11.6. The molecule has 1 unspecified atom stereocenters. The molecule has 5 rings (SSSR count). The van der Waals surface area contributed by atoms with Gasteiger partial charge in [-0.15, -0.1) is 5.10 Å². The van der Waals surface area contributed by atoms with Gasteiger partial charge in [0, 0.05) is 35.5 Å². The Balaban J connectivity index is 1.64. The number of rotatable bonds is 8. The number of aryl methyl sites for hydroxylation is 3. The third kappa shape index (κ3) is 5.42. The van der Waals surface area contributed by atoms with Crippen LogP contribution in [-0.2, 0) is 27.9 Å². The van der Waals surface area contributed by atoms with Gasteiger partial charge in [-0.2, -0.15) is 4.31 Å². The van der Waals surface area contributed by atoms with Gasteiger partial charge in [0.1, 0.15) is 16.5 Å². The van der Waals surface area contributed by atoms with Gasteiger partial charge >= 0.3 is 0 Å². The first kappa shape index (κ1) is 31.1. The number of amides is 1. The highest BCUT2D eigenvalue weighted by Gasteiger charge is 2.40. The van der Waals surface area contributed by atoms with Crippen LogP contribution in [0, 0.1) is 19.3 Å². The SMILES string of the molecule is CC[C@@H]1CN(Cc2cc(C(c3ccc4c(nnn4CC)c3C)C(C)(C)C(=O)N=[N+]=[N-])ccc2C)S(=O)(=O)c2cccnc2O1. The molecular weight excluding hydrogens is 580 g/mol. The van der Waals surface area contributed by atoms with E-state index in [-0.39, 0.29) is 30.0 Å². The number of carbonyl (C=O) groups is 1. The Kier molecular flexibility index (Phi) is 8.48. The molecule has 2 atom stereocenters. The van der Waals surface area contributed by atoms with Gasteiger partial charge in [0.2, 0.25) is 21.8 Å². The Hall–Kier alpha value is -4.32. The number of pyridine rings is 1. The van der Waals surface area contributed by atoms with E-state index in [1.165, 1.54) is 16.6 Å². The van der Waals surface area contributed by atoms with Crippen molar-refractivity contribution in [3.63, 3.8) is 0 Å². The molecule has 0 saturated carbocycles. The van der Waals surface area contributed by atoms with Crippen LogP contribution in [0.15, 0.2) is 58.7 Å². The zero-order valence-electron chi connectivity index (χ0n) is 25.7. The van der Waals surface area contributed by atoms with Crippen LogP contribution in [0.1, 0.15) is 67.9 Å². The van der Waals surface area contributed by atoms with Crippen LogP contribution < -0.4 is 4.74 Å². The summed E-state index contributed by atoms with van der Waals surface area (Å²) in [7, 11) is -3.92. The number of hydrogen-bond donors (Lipinski definition) is 0. The molecule has 0 spiro atoms. The molecule has 13 heteroatoms. The number of carbonyl (C=O) groups excluding carboxylic acids is 1. The van der Waals surface area contributed by atoms with Crippen LogP contribution in [0.4, 0.5) is 0 Å². The van der Waals surface area contributed by atoms with Gasteiger partial charge in [0.05, 0.1) is 12.1 Å². The second kappa shape index (κ2) is 12.0. The normalized spacial score (nSPS) is 17.3. The molecule has 44 heavy (non-hydrogen) atoms. The van der Waals surface area contributed by atoms with Crippen molar-refractivity contribution in [2.75, 3.05) is 6.54 Å². The van der Waals surface area contributed by atoms with E-state index < -0.39 is 27.3 Å². The van der Waals surface area contributed by atoms with Crippen LogP contribution in [0.2, 0.25) is 0 Å². The van der Waals surface area contributed by atoms with Gasteiger partial charge < -0.3 is 4.74 Å². The quantitative estimate of drug-likeness (QED) is 0.137. The predicted molar refractivity (Wildman–Crippen MR) is 165 cm³/mol. The minimum absolute atomic E-state index is 0.0350. The molecule has 0 saturated heterocycles. The molecule has 0 radical (unpaired) electrons. The Morgan fingerprint density at radius 2 is 1.98 bits per heavy atom. The van der Waals surface area contributed by atoms with E-state index in [0.29, 0.717) is 13.0 Å². The summed E-state index contributed by atoms with van der Waals surface area (Å²) < 4.78 is 37.0. The lowest BCUT2D eigenvalue weighted by molar-refractivity contribution is -0.126. The topological polar surface area (TPSA) is 156 Å². The van der Waals surface area contributed by atoms with Crippen LogP contribution >= 0.6 is 0 Å². The second-order valence-corrected chi connectivity index (χ2v) is 13.5. The lowest BCUT2D eigenvalue weighted by atomic mass is 9.69. The first-order valence-corrected chi connectivity index (χ1v) is 16.0.